The number of hydrogen-bond donors (Lipinski definition) is 1. The first-order valence-electron chi connectivity index (χ1n) is 3.48. The van der Waals surface area contributed by atoms with Crippen LogP contribution in [0.5, 0.6) is 0 Å². The Morgan fingerprint density at radius 3 is 2.93 bits per heavy atom. The number of halogens is 1. The van der Waals surface area contributed by atoms with E-state index in [0.29, 0.717) is 4.60 Å². The summed E-state index contributed by atoms with van der Waals surface area (Å²) >= 11 is 5.96. The van der Waals surface area contributed by atoms with Crippen molar-refractivity contribution in [3.63, 3.8) is 0 Å². The lowest BCUT2D eigenvalue weighted by molar-refractivity contribution is 1.04. The number of nitrogens with zero attached hydrogens (tertiary/aromatic N) is 4. The third-order valence-electron chi connectivity index (χ3n) is 1.22. The van der Waals surface area contributed by atoms with Gasteiger partial charge < -0.3 is 5.73 Å². The van der Waals surface area contributed by atoms with E-state index >= 15 is 0 Å². The molecule has 0 aliphatic rings. The predicted molar refractivity (Wildman–Crippen MR) is 58.2 cm³/mol. The zero-order valence-corrected chi connectivity index (χ0v) is 9.93. The molecule has 0 unspecified atom stereocenters. The fourth-order valence-electron chi connectivity index (χ4n) is 0.763. The summed E-state index contributed by atoms with van der Waals surface area (Å²) < 4.78 is 5.38. The molecule has 0 bridgehead atoms. The summed E-state index contributed by atoms with van der Waals surface area (Å²) in [4.78, 5) is 12.0. The van der Waals surface area contributed by atoms with E-state index in [4.69, 9.17) is 5.73 Å². The first kappa shape index (κ1) is 9.81. The Bertz CT molecular complexity index is 412. The Morgan fingerprint density at radius 1 is 1.43 bits per heavy atom. The molecule has 2 N–H and O–H groups in total. The molecule has 5 nitrogen and oxygen atoms in total. The van der Waals surface area contributed by atoms with Gasteiger partial charge in [0.2, 0.25) is 5.95 Å². The molecule has 2 rings (SSSR count). The summed E-state index contributed by atoms with van der Waals surface area (Å²) in [6.07, 6.45) is 1.51. The second-order valence-corrected chi connectivity index (χ2v) is 5.06. The SMILES string of the molecule is Nc1nc(Br)cc(Sc2ncns2)n1. The Hall–Kier alpha value is -0.730. The summed E-state index contributed by atoms with van der Waals surface area (Å²) in [6, 6.07) is 1.78. The van der Waals surface area contributed by atoms with Gasteiger partial charge in [0.05, 0.1) is 0 Å². The van der Waals surface area contributed by atoms with E-state index < -0.39 is 0 Å². The predicted octanol–water partition coefficient (Wildman–Crippen LogP) is 1.82. The molecule has 0 aliphatic carbocycles. The molecule has 72 valence electrons. The van der Waals surface area contributed by atoms with Crippen molar-refractivity contribution in [2.45, 2.75) is 9.37 Å². The van der Waals surface area contributed by atoms with Gasteiger partial charge >= 0.3 is 0 Å². The minimum Gasteiger partial charge on any atom is -0.368 e. The quantitative estimate of drug-likeness (QED) is 0.850. The second kappa shape index (κ2) is 4.20. The van der Waals surface area contributed by atoms with Crippen LogP contribution in [-0.2, 0) is 0 Å². The van der Waals surface area contributed by atoms with Crippen LogP contribution in [0.1, 0.15) is 0 Å². The molecule has 0 atom stereocenters. The van der Waals surface area contributed by atoms with Crippen molar-refractivity contribution >= 4 is 45.2 Å². The number of aromatic nitrogens is 4. The topological polar surface area (TPSA) is 77.6 Å². The maximum Gasteiger partial charge on any atom is 0.222 e. The highest BCUT2D eigenvalue weighted by molar-refractivity contribution is 9.10. The highest BCUT2D eigenvalue weighted by atomic mass is 79.9. The summed E-state index contributed by atoms with van der Waals surface area (Å²) in [6.45, 7) is 0. The molecule has 0 fully saturated rings. The van der Waals surface area contributed by atoms with Crippen LogP contribution in [0.15, 0.2) is 26.4 Å². The zero-order valence-electron chi connectivity index (χ0n) is 6.72. The number of nitrogen functional groups attached to an aromatic ring is 1. The lowest BCUT2D eigenvalue weighted by Gasteiger charge is -1.98. The summed E-state index contributed by atoms with van der Waals surface area (Å²) in [5.41, 5.74) is 5.49. The van der Waals surface area contributed by atoms with E-state index in [0.717, 1.165) is 9.37 Å². The van der Waals surface area contributed by atoms with Crippen LogP contribution < -0.4 is 5.73 Å². The minimum atomic E-state index is 0.242. The molecule has 0 spiro atoms. The number of nitrogens with two attached hydrogens (primary N) is 1. The number of hydrogen-bond acceptors (Lipinski definition) is 7. The lowest BCUT2D eigenvalue weighted by atomic mass is 10.7. The van der Waals surface area contributed by atoms with Crippen LogP contribution in [0.2, 0.25) is 0 Å². The number of anilines is 1. The minimum absolute atomic E-state index is 0.242. The van der Waals surface area contributed by atoms with Gasteiger partial charge in [0.25, 0.3) is 0 Å². The second-order valence-electron chi connectivity index (χ2n) is 2.20. The van der Waals surface area contributed by atoms with Crippen molar-refractivity contribution in [1.29, 1.82) is 0 Å². The van der Waals surface area contributed by atoms with Crippen LogP contribution in [-0.4, -0.2) is 19.3 Å². The molecule has 8 heteroatoms. The molecule has 0 aliphatic heterocycles. The van der Waals surface area contributed by atoms with Crippen molar-refractivity contribution < 1.29 is 0 Å². The molecule has 2 heterocycles. The average molecular weight is 290 g/mol. The number of rotatable bonds is 2. The molecule has 0 amide bonds. The van der Waals surface area contributed by atoms with Crippen LogP contribution in [0.4, 0.5) is 5.95 Å². The van der Waals surface area contributed by atoms with Gasteiger partial charge in [-0.05, 0) is 39.2 Å². The maximum absolute atomic E-state index is 5.49. The normalized spacial score (nSPS) is 10.4. The molecule has 2 aromatic rings. The highest BCUT2D eigenvalue weighted by Gasteiger charge is 2.04. The Balaban J connectivity index is 2.25. The molecular weight excluding hydrogens is 286 g/mol. The Kier molecular flexibility index (Phi) is 2.94. The maximum atomic E-state index is 5.49. The molecular formula is C6H4BrN5S2. The van der Waals surface area contributed by atoms with Crippen LogP contribution in [0.3, 0.4) is 0 Å². The van der Waals surface area contributed by atoms with Gasteiger partial charge in [-0.2, -0.15) is 4.37 Å². The summed E-state index contributed by atoms with van der Waals surface area (Å²) in [5, 5.41) is 0.751. The fourth-order valence-corrected chi connectivity index (χ4v) is 2.72. The first-order valence-corrected chi connectivity index (χ1v) is 5.87. The lowest BCUT2D eigenvalue weighted by Crippen LogP contribution is -1.95. The van der Waals surface area contributed by atoms with Crippen LogP contribution in [0.25, 0.3) is 0 Å². The molecule has 2 aromatic heterocycles. The van der Waals surface area contributed by atoms with Gasteiger partial charge in [-0.15, -0.1) is 0 Å². The largest absolute Gasteiger partial charge is 0.368 e. The summed E-state index contributed by atoms with van der Waals surface area (Å²) in [7, 11) is 0. The highest BCUT2D eigenvalue weighted by Crippen LogP contribution is 2.28. The molecule has 14 heavy (non-hydrogen) atoms. The van der Waals surface area contributed by atoms with E-state index in [1.54, 1.807) is 6.07 Å². The van der Waals surface area contributed by atoms with Crippen LogP contribution >= 0.6 is 39.2 Å². The molecule has 0 radical (unpaired) electrons. The molecule has 0 saturated heterocycles. The van der Waals surface area contributed by atoms with E-state index in [9.17, 15) is 0 Å². The third-order valence-corrected chi connectivity index (χ3v) is 3.26. The smallest absolute Gasteiger partial charge is 0.222 e. The zero-order chi connectivity index (χ0) is 9.97. The van der Waals surface area contributed by atoms with E-state index in [-0.39, 0.29) is 5.95 Å². The third kappa shape index (κ3) is 2.40. The van der Waals surface area contributed by atoms with Gasteiger partial charge in [0.1, 0.15) is 16.0 Å². The van der Waals surface area contributed by atoms with Gasteiger partial charge in [-0.3, -0.25) is 0 Å². The Morgan fingerprint density at radius 2 is 2.29 bits per heavy atom. The van der Waals surface area contributed by atoms with Crippen molar-refractivity contribution in [2.24, 2.45) is 0 Å². The van der Waals surface area contributed by atoms with Gasteiger partial charge in [0.15, 0.2) is 4.34 Å². The fraction of sp³-hybridized carbons (Fsp3) is 0. The van der Waals surface area contributed by atoms with Crippen molar-refractivity contribution in [2.75, 3.05) is 5.73 Å². The Labute approximate surface area is 96.5 Å². The van der Waals surface area contributed by atoms with E-state index in [1.165, 1.54) is 29.6 Å². The van der Waals surface area contributed by atoms with Crippen molar-refractivity contribution in [3.8, 4) is 0 Å². The van der Waals surface area contributed by atoms with Crippen LogP contribution in [0, 0.1) is 0 Å². The van der Waals surface area contributed by atoms with Crippen molar-refractivity contribution in [3.05, 3.63) is 17.0 Å². The van der Waals surface area contributed by atoms with Gasteiger partial charge in [-0.1, -0.05) is 0 Å². The standard InChI is InChI=1S/C6H4BrN5S2/c7-3-1-4(12-5(8)11-3)13-6-9-2-10-14-6/h1-2H,(H2,8,11,12). The first-order chi connectivity index (χ1) is 6.74. The van der Waals surface area contributed by atoms with E-state index in [2.05, 4.69) is 35.3 Å². The molecule has 0 aromatic carbocycles. The monoisotopic (exact) mass is 289 g/mol. The van der Waals surface area contributed by atoms with Gasteiger partial charge in [-0.25, -0.2) is 15.0 Å². The van der Waals surface area contributed by atoms with Crippen molar-refractivity contribution in [1.82, 2.24) is 19.3 Å². The average Bonchev–Trinajstić information content (AvgIpc) is 2.54. The molecule has 0 saturated carbocycles. The van der Waals surface area contributed by atoms with E-state index in [1.807, 2.05) is 0 Å². The van der Waals surface area contributed by atoms with Gasteiger partial charge in [0, 0.05) is 6.07 Å². The summed E-state index contributed by atoms with van der Waals surface area (Å²) in [5.74, 6) is 0.242.